The van der Waals surface area contributed by atoms with Crippen molar-refractivity contribution in [3.63, 3.8) is 0 Å². The number of nitrogens with one attached hydrogen (secondary N) is 3. The van der Waals surface area contributed by atoms with Gasteiger partial charge in [-0.25, -0.2) is 4.98 Å². The van der Waals surface area contributed by atoms with Crippen LogP contribution >= 0.6 is 0 Å². The molecule has 0 radical (unpaired) electrons. The number of hydrogen-bond acceptors (Lipinski definition) is 5. The number of H-pyrrole nitrogens is 1. The first kappa shape index (κ1) is 15.9. The molecule has 1 amide bonds. The van der Waals surface area contributed by atoms with E-state index < -0.39 is 0 Å². The van der Waals surface area contributed by atoms with E-state index in [-0.39, 0.29) is 12.2 Å². The second-order valence-corrected chi connectivity index (χ2v) is 6.13. The van der Waals surface area contributed by atoms with Crippen molar-refractivity contribution in [2.24, 2.45) is 0 Å². The number of nitrogens with zero attached hydrogens (tertiary/aromatic N) is 2. The SMILES string of the molecule is O=C(NCc1cc[nH+]cc1)C1=C2C=CC=CN2C(N2CCOCC2)N1. The van der Waals surface area contributed by atoms with Crippen LogP contribution in [0.15, 0.2) is 60.3 Å². The molecule has 25 heavy (non-hydrogen) atoms. The highest BCUT2D eigenvalue weighted by molar-refractivity contribution is 5.94. The summed E-state index contributed by atoms with van der Waals surface area (Å²) in [6.07, 6.45) is 11.6. The minimum atomic E-state index is -0.0939. The second-order valence-electron chi connectivity index (χ2n) is 6.13. The number of rotatable bonds is 4. The Morgan fingerprint density at radius 2 is 2.08 bits per heavy atom. The summed E-state index contributed by atoms with van der Waals surface area (Å²) in [6.45, 7) is 3.61. The number of amides is 1. The quantitative estimate of drug-likeness (QED) is 0.803. The lowest BCUT2D eigenvalue weighted by molar-refractivity contribution is -0.378. The molecular weight excluding hydrogens is 318 g/mol. The molecule has 3 N–H and O–H groups in total. The van der Waals surface area contributed by atoms with Gasteiger partial charge in [-0.1, -0.05) is 6.08 Å². The Kier molecular flexibility index (Phi) is 4.49. The molecule has 3 aliphatic heterocycles. The Labute approximate surface area is 146 Å². The summed E-state index contributed by atoms with van der Waals surface area (Å²) in [6, 6.07) is 3.90. The second kappa shape index (κ2) is 7.08. The number of morpholine rings is 1. The maximum Gasteiger partial charge on any atom is 0.269 e. The molecule has 0 saturated carbocycles. The average molecular weight is 340 g/mol. The van der Waals surface area contributed by atoms with Gasteiger partial charge in [0.1, 0.15) is 5.70 Å². The van der Waals surface area contributed by atoms with Crippen LogP contribution in [-0.2, 0) is 16.1 Å². The van der Waals surface area contributed by atoms with Crippen LogP contribution in [0.2, 0.25) is 0 Å². The van der Waals surface area contributed by atoms with Gasteiger partial charge in [0.25, 0.3) is 5.91 Å². The first-order valence-electron chi connectivity index (χ1n) is 8.52. The Balaban J connectivity index is 1.48. The van der Waals surface area contributed by atoms with E-state index >= 15 is 0 Å². The van der Waals surface area contributed by atoms with Crippen molar-refractivity contribution in [1.29, 1.82) is 0 Å². The zero-order chi connectivity index (χ0) is 17.1. The highest BCUT2D eigenvalue weighted by Crippen LogP contribution is 2.27. The molecule has 1 aromatic heterocycles. The van der Waals surface area contributed by atoms with Gasteiger partial charge in [0, 0.05) is 38.0 Å². The molecule has 1 fully saturated rings. The highest BCUT2D eigenvalue weighted by atomic mass is 16.5. The molecule has 0 aliphatic carbocycles. The number of carbonyl (C=O) groups excluding carboxylic acids is 1. The zero-order valence-electron chi connectivity index (χ0n) is 13.9. The van der Waals surface area contributed by atoms with Crippen LogP contribution in [0.1, 0.15) is 5.56 Å². The van der Waals surface area contributed by atoms with E-state index in [1.807, 2.05) is 49.0 Å². The van der Waals surface area contributed by atoms with E-state index in [9.17, 15) is 4.79 Å². The zero-order valence-corrected chi connectivity index (χ0v) is 13.9. The van der Waals surface area contributed by atoms with E-state index in [0.717, 1.165) is 24.4 Å². The Hall–Kier alpha value is -2.64. The van der Waals surface area contributed by atoms with Gasteiger partial charge in [-0.3, -0.25) is 9.69 Å². The monoisotopic (exact) mass is 340 g/mol. The van der Waals surface area contributed by atoms with Gasteiger partial charge in [0.15, 0.2) is 18.7 Å². The molecule has 4 rings (SSSR count). The smallest absolute Gasteiger partial charge is 0.269 e. The van der Waals surface area contributed by atoms with Crippen molar-refractivity contribution in [3.05, 3.63) is 65.9 Å². The predicted octanol–water partition coefficient (Wildman–Crippen LogP) is -0.0670. The molecule has 1 saturated heterocycles. The number of hydrogen-bond donors (Lipinski definition) is 2. The van der Waals surface area contributed by atoms with Crippen LogP contribution in [-0.4, -0.2) is 48.3 Å². The lowest BCUT2D eigenvalue weighted by atomic mass is 10.2. The van der Waals surface area contributed by atoms with E-state index in [2.05, 4.69) is 25.4 Å². The molecule has 0 spiro atoms. The van der Waals surface area contributed by atoms with Crippen molar-refractivity contribution < 1.29 is 14.5 Å². The average Bonchev–Trinajstić information content (AvgIpc) is 3.07. The summed E-state index contributed by atoms with van der Waals surface area (Å²) in [5.41, 5.74) is 2.56. The molecule has 0 aromatic carbocycles. The summed E-state index contributed by atoms with van der Waals surface area (Å²) < 4.78 is 5.44. The first-order chi connectivity index (χ1) is 12.3. The van der Waals surface area contributed by atoms with Crippen molar-refractivity contribution in [2.75, 3.05) is 26.3 Å². The molecule has 7 heteroatoms. The van der Waals surface area contributed by atoms with Crippen LogP contribution in [0.3, 0.4) is 0 Å². The fraction of sp³-hybridized carbons (Fsp3) is 0.333. The summed E-state index contributed by atoms with van der Waals surface area (Å²) in [5, 5.41) is 6.39. The van der Waals surface area contributed by atoms with Crippen LogP contribution in [0.25, 0.3) is 0 Å². The third kappa shape index (κ3) is 3.29. The van der Waals surface area contributed by atoms with Gasteiger partial charge in [-0.15, -0.1) is 0 Å². The fourth-order valence-electron chi connectivity index (χ4n) is 3.23. The summed E-state index contributed by atoms with van der Waals surface area (Å²) >= 11 is 0. The van der Waals surface area contributed by atoms with Crippen LogP contribution < -0.4 is 15.6 Å². The fourth-order valence-corrected chi connectivity index (χ4v) is 3.23. The lowest BCUT2D eigenvalue weighted by Crippen LogP contribution is -2.54. The molecule has 1 unspecified atom stereocenters. The maximum atomic E-state index is 12.7. The summed E-state index contributed by atoms with van der Waals surface area (Å²) in [7, 11) is 0. The minimum Gasteiger partial charge on any atom is -0.379 e. The minimum absolute atomic E-state index is 0.0489. The third-order valence-corrected chi connectivity index (χ3v) is 4.54. The number of aromatic amines is 1. The van der Waals surface area contributed by atoms with E-state index in [1.165, 1.54) is 0 Å². The molecule has 7 nitrogen and oxygen atoms in total. The Morgan fingerprint density at radius 1 is 1.28 bits per heavy atom. The number of aromatic nitrogens is 1. The van der Waals surface area contributed by atoms with Crippen molar-refractivity contribution in [2.45, 2.75) is 12.8 Å². The van der Waals surface area contributed by atoms with E-state index in [4.69, 9.17) is 4.74 Å². The van der Waals surface area contributed by atoms with Gasteiger partial charge in [0.2, 0.25) is 0 Å². The Morgan fingerprint density at radius 3 is 2.88 bits per heavy atom. The van der Waals surface area contributed by atoms with Crippen LogP contribution in [0, 0.1) is 0 Å². The Bertz CT molecular complexity index is 722. The normalized spacial score (nSPS) is 22.7. The molecule has 1 aromatic rings. The van der Waals surface area contributed by atoms with Crippen molar-refractivity contribution in [3.8, 4) is 0 Å². The van der Waals surface area contributed by atoms with Gasteiger partial charge in [-0.2, -0.15) is 0 Å². The van der Waals surface area contributed by atoms with Crippen LogP contribution in [0.5, 0.6) is 0 Å². The lowest BCUT2D eigenvalue weighted by Gasteiger charge is -2.37. The van der Waals surface area contributed by atoms with Gasteiger partial charge < -0.3 is 20.3 Å². The molecule has 3 aliphatic rings. The van der Waals surface area contributed by atoms with Gasteiger partial charge in [-0.05, 0) is 17.7 Å². The topological polar surface area (TPSA) is 71.0 Å². The highest BCUT2D eigenvalue weighted by Gasteiger charge is 2.36. The summed E-state index contributed by atoms with van der Waals surface area (Å²) in [5.74, 6) is -0.0939. The number of ether oxygens (including phenoxy) is 1. The number of carbonyl (C=O) groups is 1. The number of allylic oxidation sites excluding steroid dienone is 3. The van der Waals surface area contributed by atoms with Gasteiger partial charge in [0.05, 0.1) is 18.9 Å². The van der Waals surface area contributed by atoms with E-state index in [0.29, 0.717) is 25.5 Å². The van der Waals surface area contributed by atoms with Crippen molar-refractivity contribution >= 4 is 5.91 Å². The largest absolute Gasteiger partial charge is 0.379 e. The van der Waals surface area contributed by atoms with Gasteiger partial charge >= 0.3 is 0 Å². The third-order valence-electron chi connectivity index (χ3n) is 4.54. The summed E-state index contributed by atoms with van der Waals surface area (Å²) in [4.78, 5) is 20.1. The number of fused-ring (bicyclic) bond motifs is 1. The van der Waals surface area contributed by atoms with Crippen molar-refractivity contribution in [1.82, 2.24) is 20.4 Å². The molecular formula is C18H22N5O2+. The predicted molar refractivity (Wildman–Crippen MR) is 91.3 cm³/mol. The first-order valence-corrected chi connectivity index (χ1v) is 8.52. The number of pyridine rings is 1. The standard InChI is InChI=1S/C18H21N5O2/c24-17(20-13-14-4-6-19-7-5-14)16-15-3-1-2-8-23(15)18(21-16)22-9-11-25-12-10-22/h1-8,18,21H,9-13H2,(H,20,24)/p+1. The van der Waals surface area contributed by atoms with E-state index in [1.54, 1.807) is 0 Å². The maximum absolute atomic E-state index is 12.7. The molecule has 1 atom stereocenters. The molecule has 130 valence electrons. The molecule has 0 bridgehead atoms. The van der Waals surface area contributed by atoms with Crippen LogP contribution in [0.4, 0.5) is 0 Å². The molecule has 4 heterocycles.